The number of nitrogens with one attached hydrogen (secondary N) is 3. The predicted molar refractivity (Wildman–Crippen MR) is 192 cm³/mol. The lowest BCUT2D eigenvalue weighted by molar-refractivity contribution is -0.157. The molecule has 3 N–H and O–H groups in total. The average Bonchev–Trinajstić information content (AvgIpc) is 2.94. The summed E-state index contributed by atoms with van der Waals surface area (Å²) in [5.41, 5.74) is -1.92. The second kappa shape index (κ2) is 17.8. The van der Waals surface area contributed by atoms with Crippen LogP contribution in [0.15, 0.2) is 41.8 Å². The molecular formula is C36H54N4O11S. The number of carbonyl (C=O) groups excluding carboxylic acids is 6. The smallest absolute Gasteiger partial charge is 0.408 e. The highest BCUT2D eigenvalue weighted by Gasteiger charge is 2.45. The molecule has 0 aromatic heterocycles. The molecule has 1 aliphatic rings. The number of hydrogen-bond donors (Lipinski definition) is 3. The number of esters is 2. The Morgan fingerprint density at radius 1 is 0.846 bits per heavy atom. The van der Waals surface area contributed by atoms with E-state index in [0.29, 0.717) is 5.56 Å². The highest BCUT2D eigenvalue weighted by Crippen LogP contribution is 2.27. The van der Waals surface area contributed by atoms with Gasteiger partial charge in [-0.05, 0) is 58.9 Å². The van der Waals surface area contributed by atoms with E-state index >= 15 is 0 Å². The molecule has 4 amide bonds. The molecule has 1 heterocycles. The largest absolute Gasteiger partial charge is 0.460 e. The standard InChI is InChI=1S/C36H54N4O11S/c1-34(2,3)29(39-30(43)25(21-28(42)51-36(7,8)9)38-33(46)49-22-23-14-12-11-13-15-23)32(45)40-18-16-26(40)31(44)37-24(17-19-52(10,47)48)20-27(41)50-35(4,5)6/h11-15,17,19,24-26,29H,16,18,20-22H2,1-10H3,(H,37,44)(H,38,46)(H,39,43)/b19-17+/t24-,25+,26-,29+/m1/s1. The van der Waals surface area contributed by atoms with Gasteiger partial charge in [0.2, 0.25) is 17.7 Å². The maximum absolute atomic E-state index is 14.0. The van der Waals surface area contributed by atoms with Gasteiger partial charge in [0.25, 0.3) is 0 Å². The number of rotatable bonds is 14. The van der Waals surface area contributed by atoms with E-state index in [1.807, 2.05) is 0 Å². The molecule has 0 aliphatic carbocycles. The summed E-state index contributed by atoms with van der Waals surface area (Å²) in [4.78, 5) is 80.5. The molecule has 0 bridgehead atoms. The molecule has 0 spiro atoms. The van der Waals surface area contributed by atoms with Crippen LogP contribution >= 0.6 is 0 Å². The maximum atomic E-state index is 14.0. The van der Waals surface area contributed by atoms with E-state index in [1.54, 1.807) is 92.6 Å². The Morgan fingerprint density at radius 3 is 1.88 bits per heavy atom. The summed E-state index contributed by atoms with van der Waals surface area (Å²) >= 11 is 0. The number of nitrogens with zero attached hydrogens (tertiary/aromatic N) is 1. The lowest BCUT2D eigenvalue weighted by Crippen LogP contribution is -2.66. The third-order valence-corrected chi connectivity index (χ3v) is 7.96. The summed E-state index contributed by atoms with van der Waals surface area (Å²) in [7, 11) is -3.60. The zero-order chi connectivity index (χ0) is 39.7. The van der Waals surface area contributed by atoms with Crippen molar-refractivity contribution in [2.24, 2.45) is 5.41 Å². The molecule has 1 aromatic rings. The maximum Gasteiger partial charge on any atom is 0.408 e. The molecule has 290 valence electrons. The lowest BCUT2D eigenvalue weighted by Gasteiger charge is -2.44. The van der Waals surface area contributed by atoms with E-state index in [1.165, 1.54) is 11.0 Å². The molecule has 4 atom stereocenters. The SMILES string of the molecule is CC(C)(C)OC(=O)C[C@@H](/C=C/S(C)(=O)=O)NC(=O)[C@H]1CCN1C(=O)[C@H](NC(=O)[C@H](CC(=O)OC(C)(C)C)NC(=O)OCc1ccccc1)C(C)(C)C. The van der Waals surface area contributed by atoms with Gasteiger partial charge in [0, 0.05) is 18.2 Å². The minimum atomic E-state index is -3.60. The number of benzene rings is 1. The molecule has 0 radical (unpaired) electrons. The monoisotopic (exact) mass is 750 g/mol. The molecule has 1 aromatic carbocycles. The van der Waals surface area contributed by atoms with Crippen molar-refractivity contribution in [2.45, 2.75) is 124 Å². The number of alkyl carbamates (subject to hydrolysis) is 1. The number of carbonyl (C=O) groups is 6. The Morgan fingerprint density at radius 2 is 1.40 bits per heavy atom. The third-order valence-electron chi connectivity index (χ3n) is 7.31. The Kier molecular flexibility index (Phi) is 15.0. The molecule has 1 aliphatic heterocycles. The van der Waals surface area contributed by atoms with Crippen LogP contribution in [0.4, 0.5) is 4.79 Å². The second-order valence-electron chi connectivity index (χ2n) is 15.8. The van der Waals surface area contributed by atoms with Gasteiger partial charge in [0.1, 0.15) is 35.9 Å². The van der Waals surface area contributed by atoms with Gasteiger partial charge in [0.15, 0.2) is 9.84 Å². The molecule has 15 nitrogen and oxygen atoms in total. The van der Waals surface area contributed by atoms with Gasteiger partial charge in [-0.2, -0.15) is 0 Å². The number of likely N-dealkylation sites (tertiary alicyclic amines) is 1. The van der Waals surface area contributed by atoms with E-state index in [0.717, 1.165) is 11.7 Å². The number of hydrogen-bond acceptors (Lipinski definition) is 11. The van der Waals surface area contributed by atoms with Crippen molar-refractivity contribution < 1.29 is 51.4 Å². The van der Waals surface area contributed by atoms with Crippen LogP contribution in [0.2, 0.25) is 0 Å². The van der Waals surface area contributed by atoms with Gasteiger partial charge in [0.05, 0.1) is 18.9 Å². The van der Waals surface area contributed by atoms with Crippen LogP contribution in [0, 0.1) is 5.41 Å². The number of amides is 4. The first kappa shape index (κ1) is 43.7. The van der Waals surface area contributed by atoms with Crippen LogP contribution in [0.1, 0.15) is 87.1 Å². The predicted octanol–water partition coefficient (Wildman–Crippen LogP) is 2.92. The molecule has 1 fully saturated rings. The number of ether oxygens (including phenoxy) is 3. The van der Waals surface area contributed by atoms with Crippen molar-refractivity contribution in [2.75, 3.05) is 12.8 Å². The second-order valence-corrected chi connectivity index (χ2v) is 17.7. The molecule has 0 saturated carbocycles. The Hall–Kier alpha value is -4.47. The fraction of sp³-hybridized carbons (Fsp3) is 0.611. The molecule has 16 heteroatoms. The topological polar surface area (TPSA) is 204 Å². The zero-order valence-electron chi connectivity index (χ0n) is 31.7. The first-order chi connectivity index (χ1) is 23.7. The third kappa shape index (κ3) is 15.8. The van der Waals surface area contributed by atoms with Crippen LogP contribution < -0.4 is 16.0 Å². The first-order valence-electron chi connectivity index (χ1n) is 16.9. The molecule has 52 heavy (non-hydrogen) atoms. The molecule has 2 rings (SSSR count). The highest BCUT2D eigenvalue weighted by atomic mass is 32.2. The molecular weight excluding hydrogens is 696 g/mol. The quantitative estimate of drug-likeness (QED) is 0.186. The summed E-state index contributed by atoms with van der Waals surface area (Å²) in [6.45, 7) is 15.1. The van der Waals surface area contributed by atoms with E-state index < -0.39 is 92.8 Å². The first-order valence-corrected chi connectivity index (χ1v) is 18.9. The normalized spacial score (nSPS) is 16.8. The van der Waals surface area contributed by atoms with Gasteiger partial charge < -0.3 is 35.1 Å². The van der Waals surface area contributed by atoms with Crippen LogP contribution in [0.3, 0.4) is 0 Å². The van der Waals surface area contributed by atoms with E-state index in [4.69, 9.17) is 14.2 Å². The van der Waals surface area contributed by atoms with E-state index in [9.17, 15) is 37.2 Å². The minimum absolute atomic E-state index is 0.0996. The average molecular weight is 751 g/mol. The summed E-state index contributed by atoms with van der Waals surface area (Å²) in [5.74, 6) is -3.56. The van der Waals surface area contributed by atoms with Crippen molar-refractivity contribution >= 4 is 45.6 Å². The van der Waals surface area contributed by atoms with Crippen molar-refractivity contribution in [1.82, 2.24) is 20.9 Å². The van der Waals surface area contributed by atoms with Crippen molar-refractivity contribution in [3.63, 3.8) is 0 Å². The van der Waals surface area contributed by atoms with Gasteiger partial charge in [-0.15, -0.1) is 0 Å². The highest BCUT2D eigenvalue weighted by molar-refractivity contribution is 7.93. The molecule has 1 saturated heterocycles. The fourth-order valence-corrected chi connectivity index (χ4v) is 5.37. The van der Waals surface area contributed by atoms with Crippen molar-refractivity contribution in [3.05, 3.63) is 47.4 Å². The van der Waals surface area contributed by atoms with E-state index in [-0.39, 0.29) is 26.0 Å². The Balaban J connectivity index is 2.25. The lowest BCUT2D eigenvalue weighted by atomic mass is 9.84. The molecule has 0 unspecified atom stereocenters. The van der Waals surface area contributed by atoms with Gasteiger partial charge >= 0.3 is 18.0 Å². The summed E-state index contributed by atoms with van der Waals surface area (Å²) in [6.07, 6.45) is 0.483. The minimum Gasteiger partial charge on any atom is -0.460 e. The Bertz CT molecular complexity index is 1590. The van der Waals surface area contributed by atoms with E-state index in [2.05, 4.69) is 16.0 Å². The van der Waals surface area contributed by atoms with Crippen LogP contribution in [-0.4, -0.2) is 97.2 Å². The summed E-state index contributed by atoms with van der Waals surface area (Å²) < 4.78 is 39.6. The zero-order valence-corrected chi connectivity index (χ0v) is 32.5. The number of sulfone groups is 1. The fourth-order valence-electron chi connectivity index (χ4n) is 4.89. The van der Waals surface area contributed by atoms with Crippen molar-refractivity contribution in [1.29, 1.82) is 0 Å². The van der Waals surface area contributed by atoms with Gasteiger partial charge in [-0.1, -0.05) is 57.2 Å². The summed E-state index contributed by atoms with van der Waals surface area (Å²) in [5, 5.41) is 8.57. The van der Waals surface area contributed by atoms with Crippen LogP contribution in [0.25, 0.3) is 0 Å². The van der Waals surface area contributed by atoms with Gasteiger partial charge in [-0.25, -0.2) is 13.2 Å². The van der Waals surface area contributed by atoms with Crippen molar-refractivity contribution in [3.8, 4) is 0 Å². The van der Waals surface area contributed by atoms with Gasteiger partial charge in [-0.3, -0.25) is 24.0 Å². The summed E-state index contributed by atoms with van der Waals surface area (Å²) in [6, 6.07) is 4.06. The van der Waals surface area contributed by atoms with Crippen LogP contribution in [0.5, 0.6) is 0 Å². The van der Waals surface area contributed by atoms with Crippen LogP contribution in [-0.2, 0) is 54.6 Å². The Labute approximate surface area is 306 Å².